The van der Waals surface area contributed by atoms with Gasteiger partial charge in [0.2, 0.25) is 0 Å². The molecule has 3 N–H and O–H groups in total. The van der Waals surface area contributed by atoms with Crippen LogP contribution in [0, 0.1) is 46.3 Å². The molecule has 0 aromatic heterocycles. The Morgan fingerprint density at radius 3 is 1.97 bits per heavy atom. The molecular formula is C26H40F6O3. The Bertz CT molecular complexity index is 770. The van der Waals surface area contributed by atoms with Gasteiger partial charge in [0, 0.05) is 0 Å². The lowest BCUT2D eigenvalue weighted by molar-refractivity contribution is -0.370. The molecule has 0 aliphatic heterocycles. The van der Waals surface area contributed by atoms with Crippen LogP contribution in [0.2, 0.25) is 0 Å². The molecule has 35 heavy (non-hydrogen) atoms. The van der Waals surface area contributed by atoms with E-state index in [1.165, 1.54) is 0 Å². The molecule has 0 saturated heterocycles. The van der Waals surface area contributed by atoms with Crippen LogP contribution in [0.25, 0.3) is 0 Å². The van der Waals surface area contributed by atoms with Crippen LogP contribution in [-0.2, 0) is 0 Å². The highest BCUT2D eigenvalue weighted by Gasteiger charge is 2.70. The van der Waals surface area contributed by atoms with Crippen molar-refractivity contribution in [2.24, 2.45) is 46.3 Å². The SMILES string of the molecule is C[C@H](CCC(O)(C(F)(F)F)C(F)(F)F)[C@H]1CC[C@H]2[C@@H]3C[C@H](O)[C@@H]4C[C@H](O)CC[C@]4(C)[C@H]3CC[C@]12C. The lowest BCUT2D eigenvalue weighted by Gasteiger charge is -2.62. The normalized spacial score (nSPS) is 45.4. The standard InChI is InChI=1S/C26H40F6O3/c1-14(6-11-24(35,25(27,28)29)26(30,31)32)17-4-5-18-16-13-21(34)20-12-15(33)7-9-23(20,3)19(16)8-10-22(17,18)2/h14-21,33-35H,4-13H2,1-3H3/t14-,15-,16+,17-,18+,19+,20+,21+,22-,23-/m1/s1. The molecule has 4 aliphatic rings. The summed E-state index contributed by atoms with van der Waals surface area (Å²) < 4.78 is 79.1. The zero-order chi connectivity index (χ0) is 26.2. The fourth-order valence-corrected chi connectivity index (χ4v) is 9.34. The number of halogens is 6. The lowest BCUT2D eigenvalue weighted by Crippen LogP contribution is -2.58. The smallest absolute Gasteiger partial charge is 0.393 e. The predicted octanol–water partition coefficient (Wildman–Crippen LogP) is 6.25. The van der Waals surface area contributed by atoms with E-state index in [0.29, 0.717) is 18.8 Å². The molecule has 10 atom stereocenters. The summed E-state index contributed by atoms with van der Waals surface area (Å²) in [6.07, 6.45) is -7.87. The van der Waals surface area contributed by atoms with Gasteiger partial charge in [-0.2, -0.15) is 26.3 Å². The van der Waals surface area contributed by atoms with Crippen LogP contribution in [0.15, 0.2) is 0 Å². The van der Waals surface area contributed by atoms with Crippen molar-refractivity contribution in [1.29, 1.82) is 0 Å². The molecular weight excluding hydrogens is 474 g/mol. The second kappa shape index (κ2) is 8.75. The maximum atomic E-state index is 13.2. The van der Waals surface area contributed by atoms with Crippen LogP contribution in [-0.4, -0.2) is 45.5 Å². The first-order valence-corrected chi connectivity index (χ1v) is 13.2. The van der Waals surface area contributed by atoms with Crippen molar-refractivity contribution in [3.8, 4) is 0 Å². The van der Waals surface area contributed by atoms with Crippen LogP contribution in [0.3, 0.4) is 0 Å². The summed E-state index contributed by atoms with van der Waals surface area (Å²) in [7, 11) is 0. The monoisotopic (exact) mass is 514 g/mol. The van der Waals surface area contributed by atoms with Gasteiger partial charge in [-0.05, 0) is 111 Å². The number of alkyl halides is 6. The molecule has 4 aliphatic carbocycles. The molecule has 0 spiro atoms. The first-order valence-electron chi connectivity index (χ1n) is 13.2. The van der Waals surface area contributed by atoms with E-state index in [0.717, 1.165) is 38.5 Å². The average Bonchev–Trinajstić information content (AvgIpc) is 3.09. The van der Waals surface area contributed by atoms with Crippen LogP contribution < -0.4 is 0 Å². The zero-order valence-corrected chi connectivity index (χ0v) is 20.8. The Balaban J connectivity index is 1.50. The molecule has 0 unspecified atom stereocenters. The van der Waals surface area contributed by atoms with E-state index in [-0.39, 0.29) is 52.9 Å². The second-order valence-corrected chi connectivity index (χ2v) is 12.8. The maximum absolute atomic E-state index is 13.2. The van der Waals surface area contributed by atoms with E-state index in [1.54, 1.807) is 6.92 Å². The summed E-state index contributed by atoms with van der Waals surface area (Å²) in [6, 6.07) is 0. The summed E-state index contributed by atoms with van der Waals surface area (Å²) in [4.78, 5) is 0. The zero-order valence-electron chi connectivity index (χ0n) is 20.8. The number of hydrogen-bond donors (Lipinski definition) is 3. The van der Waals surface area contributed by atoms with Gasteiger partial charge in [-0.1, -0.05) is 20.8 Å². The summed E-state index contributed by atoms with van der Waals surface area (Å²) in [6.45, 7) is 6.12. The highest BCUT2D eigenvalue weighted by molar-refractivity contribution is 5.11. The third-order valence-corrected chi connectivity index (χ3v) is 11.3. The number of rotatable bonds is 4. The number of aliphatic hydroxyl groups excluding tert-OH is 2. The van der Waals surface area contributed by atoms with Crippen LogP contribution >= 0.6 is 0 Å². The van der Waals surface area contributed by atoms with Gasteiger partial charge in [0.1, 0.15) is 0 Å². The quantitative estimate of drug-likeness (QED) is 0.389. The lowest BCUT2D eigenvalue weighted by atomic mass is 9.43. The van der Waals surface area contributed by atoms with E-state index in [9.17, 15) is 41.7 Å². The minimum atomic E-state index is -5.77. The Morgan fingerprint density at radius 2 is 1.37 bits per heavy atom. The molecule has 4 fully saturated rings. The van der Waals surface area contributed by atoms with Crippen molar-refractivity contribution in [2.75, 3.05) is 0 Å². The number of hydrogen-bond acceptors (Lipinski definition) is 3. The van der Waals surface area contributed by atoms with Crippen molar-refractivity contribution in [3.05, 3.63) is 0 Å². The summed E-state index contributed by atoms with van der Waals surface area (Å²) in [5.74, 6) is 0.623. The Morgan fingerprint density at radius 1 is 0.800 bits per heavy atom. The van der Waals surface area contributed by atoms with E-state index < -0.39 is 30.5 Å². The van der Waals surface area contributed by atoms with E-state index in [2.05, 4.69) is 13.8 Å². The molecule has 4 saturated carbocycles. The van der Waals surface area contributed by atoms with Crippen LogP contribution in [0.5, 0.6) is 0 Å². The number of aliphatic hydroxyl groups is 3. The third-order valence-electron chi connectivity index (χ3n) is 11.3. The molecule has 0 aromatic carbocycles. The van der Waals surface area contributed by atoms with Gasteiger partial charge in [-0.3, -0.25) is 0 Å². The molecule has 0 radical (unpaired) electrons. The predicted molar refractivity (Wildman–Crippen MR) is 118 cm³/mol. The highest BCUT2D eigenvalue weighted by atomic mass is 19.4. The van der Waals surface area contributed by atoms with Crippen LogP contribution in [0.1, 0.15) is 85.0 Å². The molecule has 0 aromatic rings. The van der Waals surface area contributed by atoms with Crippen molar-refractivity contribution >= 4 is 0 Å². The largest absolute Gasteiger partial charge is 0.426 e. The van der Waals surface area contributed by atoms with Gasteiger partial charge in [0.05, 0.1) is 12.2 Å². The van der Waals surface area contributed by atoms with Gasteiger partial charge in [-0.25, -0.2) is 0 Å². The van der Waals surface area contributed by atoms with E-state index >= 15 is 0 Å². The summed E-state index contributed by atoms with van der Waals surface area (Å²) >= 11 is 0. The van der Waals surface area contributed by atoms with E-state index in [4.69, 9.17) is 0 Å². The molecule has 0 heterocycles. The van der Waals surface area contributed by atoms with Gasteiger partial charge < -0.3 is 15.3 Å². The fraction of sp³-hybridized carbons (Fsp3) is 1.00. The van der Waals surface area contributed by atoms with E-state index in [1.807, 2.05) is 0 Å². The second-order valence-electron chi connectivity index (χ2n) is 12.8. The molecule has 9 heteroatoms. The van der Waals surface area contributed by atoms with Crippen molar-refractivity contribution in [3.63, 3.8) is 0 Å². The summed E-state index contributed by atoms with van der Waals surface area (Å²) in [5, 5.41) is 30.9. The third kappa shape index (κ3) is 4.23. The Kier molecular flexibility index (Phi) is 6.88. The topological polar surface area (TPSA) is 60.7 Å². The van der Waals surface area contributed by atoms with Gasteiger partial charge in [0.15, 0.2) is 0 Å². The summed E-state index contributed by atoms with van der Waals surface area (Å²) in [5.41, 5.74) is -4.94. The molecule has 4 rings (SSSR count). The first kappa shape index (κ1) is 27.5. The average molecular weight is 515 g/mol. The minimum Gasteiger partial charge on any atom is -0.393 e. The van der Waals surface area contributed by atoms with Crippen molar-refractivity contribution < 1.29 is 41.7 Å². The Labute approximate surface area is 203 Å². The first-order chi connectivity index (χ1) is 16.0. The van der Waals surface area contributed by atoms with Crippen molar-refractivity contribution in [1.82, 2.24) is 0 Å². The molecule has 0 bridgehead atoms. The molecule has 3 nitrogen and oxygen atoms in total. The van der Waals surface area contributed by atoms with Gasteiger partial charge in [0.25, 0.3) is 5.60 Å². The minimum absolute atomic E-state index is 0.0185. The fourth-order valence-electron chi connectivity index (χ4n) is 9.34. The molecule has 204 valence electrons. The maximum Gasteiger partial charge on any atom is 0.426 e. The Hall–Kier alpha value is -0.540. The molecule has 0 amide bonds. The van der Waals surface area contributed by atoms with Crippen LogP contribution in [0.4, 0.5) is 26.3 Å². The van der Waals surface area contributed by atoms with Gasteiger partial charge in [-0.15, -0.1) is 0 Å². The number of fused-ring (bicyclic) bond motifs is 5. The van der Waals surface area contributed by atoms with Crippen molar-refractivity contribution in [2.45, 2.75) is 115 Å². The van der Waals surface area contributed by atoms with Gasteiger partial charge >= 0.3 is 12.4 Å². The highest BCUT2D eigenvalue weighted by Crippen LogP contribution is 2.68.